The van der Waals surface area contributed by atoms with Crippen molar-refractivity contribution in [3.8, 4) is 0 Å². The first-order chi connectivity index (χ1) is 13.1. The summed E-state index contributed by atoms with van der Waals surface area (Å²) >= 11 is 0. The molecule has 0 saturated heterocycles. The van der Waals surface area contributed by atoms with Gasteiger partial charge in [0.05, 0.1) is 22.8 Å². The highest BCUT2D eigenvalue weighted by molar-refractivity contribution is 5.97. The monoisotopic (exact) mass is 358 g/mol. The molecule has 1 N–H and O–H groups in total. The second-order valence-electron chi connectivity index (χ2n) is 7.88. The second kappa shape index (κ2) is 7.51. The Kier molecular flexibility index (Phi) is 4.93. The largest absolute Gasteiger partial charge is 0.324 e. The topological polar surface area (TPSA) is 42.0 Å². The van der Waals surface area contributed by atoms with Crippen LogP contribution in [0.1, 0.15) is 43.2 Å². The predicted octanol–water partition coefficient (Wildman–Crippen LogP) is 5.67. The Hall–Kier alpha value is -2.68. The third-order valence-corrected chi connectivity index (χ3v) is 5.77. The zero-order valence-electron chi connectivity index (χ0n) is 15.9. The van der Waals surface area contributed by atoms with Gasteiger partial charge in [-0.15, -0.1) is 0 Å². The summed E-state index contributed by atoms with van der Waals surface area (Å²) in [4.78, 5) is 17.9. The molecule has 4 rings (SSSR count). The van der Waals surface area contributed by atoms with Crippen LogP contribution < -0.4 is 5.32 Å². The number of rotatable bonds is 4. The molecule has 0 radical (unpaired) electrons. The minimum absolute atomic E-state index is 0.140. The van der Waals surface area contributed by atoms with Gasteiger partial charge in [0, 0.05) is 5.39 Å². The first-order valence-electron chi connectivity index (χ1n) is 9.86. The predicted molar refractivity (Wildman–Crippen MR) is 111 cm³/mol. The molecule has 0 unspecified atom stereocenters. The van der Waals surface area contributed by atoms with Crippen molar-refractivity contribution in [3.05, 3.63) is 71.9 Å². The number of nitrogens with one attached hydrogen (secondary N) is 1. The Morgan fingerprint density at radius 1 is 1.04 bits per heavy atom. The summed E-state index contributed by atoms with van der Waals surface area (Å²) in [6.45, 7) is 2.11. The molecular weight excluding hydrogens is 332 g/mol. The number of nitrogens with zero attached hydrogens (tertiary/aromatic N) is 1. The number of hydrogen-bond donors (Lipinski definition) is 1. The van der Waals surface area contributed by atoms with E-state index in [-0.39, 0.29) is 11.3 Å². The molecule has 1 aromatic heterocycles. The van der Waals surface area contributed by atoms with Crippen molar-refractivity contribution in [2.75, 3.05) is 5.32 Å². The Labute approximate surface area is 160 Å². The highest BCUT2D eigenvalue weighted by Crippen LogP contribution is 2.40. The van der Waals surface area contributed by atoms with Crippen molar-refractivity contribution in [1.29, 1.82) is 0 Å². The molecule has 3 aromatic rings. The van der Waals surface area contributed by atoms with Crippen molar-refractivity contribution in [2.45, 2.75) is 45.4 Å². The van der Waals surface area contributed by atoms with Crippen molar-refractivity contribution < 1.29 is 4.79 Å². The van der Waals surface area contributed by atoms with Gasteiger partial charge in [-0.1, -0.05) is 67.3 Å². The molecule has 1 fully saturated rings. The van der Waals surface area contributed by atoms with Crippen LogP contribution in [0.3, 0.4) is 0 Å². The highest BCUT2D eigenvalue weighted by atomic mass is 16.2. The zero-order chi connectivity index (χ0) is 18.7. The molecule has 0 spiro atoms. The number of aryl methyl sites for hydroxylation is 1. The van der Waals surface area contributed by atoms with Crippen LogP contribution in [0.4, 0.5) is 5.69 Å². The quantitative estimate of drug-likeness (QED) is 0.652. The van der Waals surface area contributed by atoms with E-state index in [1.54, 1.807) is 6.20 Å². The van der Waals surface area contributed by atoms with Gasteiger partial charge in [-0.25, -0.2) is 0 Å². The van der Waals surface area contributed by atoms with Crippen LogP contribution >= 0.6 is 0 Å². The number of amides is 1. The van der Waals surface area contributed by atoms with Gasteiger partial charge in [0.2, 0.25) is 5.91 Å². The van der Waals surface area contributed by atoms with Gasteiger partial charge in [0.15, 0.2) is 0 Å². The highest BCUT2D eigenvalue weighted by Gasteiger charge is 2.39. The fourth-order valence-corrected chi connectivity index (χ4v) is 4.33. The van der Waals surface area contributed by atoms with Crippen LogP contribution in [0.2, 0.25) is 0 Å². The van der Waals surface area contributed by atoms with E-state index in [1.165, 1.54) is 17.5 Å². The lowest BCUT2D eigenvalue weighted by Crippen LogP contribution is -2.40. The summed E-state index contributed by atoms with van der Waals surface area (Å²) in [6.07, 6.45) is 7.94. The van der Waals surface area contributed by atoms with E-state index in [1.807, 2.05) is 30.3 Å². The van der Waals surface area contributed by atoms with Crippen LogP contribution in [0.5, 0.6) is 0 Å². The minimum atomic E-state index is -0.322. The Morgan fingerprint density at radius 3 is 2.67 bits per heavy atom. The lowest BCUT2D eigenvalue weighted by Gasteiger charge is -2.36. The minimum Gasteiger partial charge on any atom is -0.324 e. The van der Waals surface area contributed by atoms with E-state index in [2.05, 4.69) is 41.5 Å². The second-order valence-corrected chi connectivity index (χ2v) is 7.88. The lowest BCUT2D eigenvalue weighted by molar-refractivity contribution is -0.127. The van der Waals surface area contributed by atoms with Crippen LogP contribution in [-0.2, 0) is 11.2 Å². The smallest absolute Gasteiger partial charge is 0.230 e. The van der Waals surface area contributed by atoms with Crippen LogP contribution in [0.15, 0.2) is 60.8 Å². The molecule has 1 aliphatic rings. The van der Waals surface area contributed by atoms with Crippen molar-refractivity contribution >= 4 is 22.5 Å². The van der Waals surface area contributed by atoms with Crippen molar-refractivity contribution in [3.63, 3.8) is 0 Å². The number of aromatic nitrogens is 1. The standard InChI is InChI=1S/C24H26N2O/c1-18-8-7-9-19(14-18)16-24(12-5-2-6-13-24)23(27)26-21-15-20-10-3-4-11-22(20)25-17-21/h3-4,7-11,14-15,17H,2,5-6,12-13,16H2,1H3,(H,26,27). The van der Waals surface area contributed by atoms with Gasteiger partial charge in [0.1, 0.15) is 0 Å². The third-order valence-electron chi connectivity index (χ3n) is 5.77. The molecule has 2 aromatic carbocycles. The average molecular weight is 358 g/mol. The number of carbonyl (C=O) groups is 1. The number of fused-ring (bicyclic) bond motifs is 1. The molecule has 1 amide bonds. The molecule has 3 heteroatoms. The van der Waals surface area contributed by atoms with E-state index in [4.69, 9.17) is 0 Å². The summed E-state index contributed by atoms with van der Waals surface area (Å²) in [7, 11) is 0. The average Bonchev–Trinajstić information content (AvgIpc) is 2.68. The SMILES string of the molecule is Cc1cccc(CC2(C(=O)Nc3cnc4ccccc4c3)CCCCC2)c1. The third kappa shape index (κ3) is 3.87. The molecule has 138 valence electrons. The molecule has 0 atom stereocenters. The number of carbonyl (C=O) groups excluding carboxylic acids is 1. The fraction of sp³-hybridized carbons (Fsp3) is 0.333. The van der Waals surface area contributed by atoms with Crippen LogP contribution in [0, 0.1) is 12.3 Å². The van der Waals surface area contributed by atoms with Gasteiger partial charge >= 0.3 is 0 Å². The summed E-state index contributed by atoms with van der Waals surface area (Å²) in [5.41, 5.74) is 3.91. The van der Waals surface area contributed by atoms with Crippen LogP contribution in [0.25, 0.3) is 10.9 Å². The number of hydrogen-bond acceptors (Lipinski definition) is 2. The maximum atomic E-state index is 13.4. The van der Waals surface area contributed by atoms with Crippen molar-refractivity contribution in [1.82, 2.24) is 4.98 Å². The molecule has 1 saturated carbocycles. The molecule has 1 heterocycles. The molecule has 3 nitrogen and oxygen atoms in total. The van der Waals surface area contributed by atoms with E-state index in [0.717, 1.165) is 48.7 Å². The number of benzene rings is 2. The molecular formula is C24H26N2O. The molecule has 0 bridgehead atoms. The summed E-state index contributed by atoms with van der Waals surface area (Å²) in [5, 5.41) is 4.23. The number of pyridine rings is 1. The van der Waals surface area contributed by atoms with Gasteiger partial charge < -0.3 is 5.32 Å². The summed E-state index contributed by atoms with van der Waals surface area (Å²) in [6, 6.07) is 18.6. The van der Waals surface area contributed by atoms with Gasteiger partial charge in [-0.3, -0.25) is 9.78 Å². The first-order valence-corrected chi connectivity index (χ1v) is 9.86. The van der Waals surface area contributed by atoms with E-state index in [0.29, 0.717) is 0 Å². The number of anilines is 1. The Bertz CT molecular complexity index is 957. The number of para-hydroxylation sites is 1. The van der Waals surface area contributed by atoms with E-state index in [9.17, 15) is 4.79 Å². The van der Waals surface area contributed by atoms with E-state index >= 15 is 0 Å². The fourth-order valence-electron chi connectivity index (χ4n) is 4.33. The lowest BCUT2D eigenvalue weighted by atomic mass is 9.69. The van der Waals surface area contributed by atoms with E-state index < -0.39 is 0 Å². The van der Waals surface area contributed by atoms with Gasteiger partial charge in [-0.2, -0.15) is 0 Å². The molecule has 27 heavy (non-hydrogen) atoms. The summed E-state index contributed by atoms with van der Waals surface area (Å²) in [5.74, 6) is 0.140. The molecule has 1 aliphatic carbocycles. The molecule has 0 aliphatic heterocycles. The van der Waals surface area contributed by atoms with Gasteiger partial charge in [0.25, 0.3) is 0 Å². The zero-order valence-corrected chi connectivity index (χ0v) is 15.9. The van der Waals surface area contributed by atoms with Crippen molar-refractivity contribution in [2.24, 2.45) is 5.41 Å². The van der Waals surface area contributed by atoms with Crippen LogP contribution in [-0.4, -0.2) is 10.9 Å². The maximum Gasteiger partial charge on any atom is 0.230 e. The Balaban J connectivity index is 1.60. The maximum absolute atomic E-state index is 13.4. The normalized spacial score (nSPS) is 16.2. The first kappa shape index (κ1) is 17.7. The van der Waals surface area contributed by atoms with Gasteiger partial charge in [-0.05, 0) is 43.9 Å². The Morgan fingerprint density at radius 2 is 1.85 bits per heavy atom. The summed E-state index contributed by atoms with van der Waals surface area (Å²) < 4.78 is 0.